The number of anilines is 1. The Labute approximate surface area is 117 Å². The second kappa shape index (κ2) is 5.48. The molecule has 5 heteroatoms. The fourth-order valence-electron chi connectivity index (χ4n) is 1.70. The molecule has 0 spiro atoms. The van der Waals surface area contributed by atoms with Crippen molar-refractivity contribution in [1.29, 1.82) is 0 Å². The van der Waals surface area contributed by atoms with Crippen LogP contribution in [0.2, 0.25) is 0 Å². The lowest BCUT2D eigenvalue weighted by molar-refractivity contribution is 0.102. The van der Waals surface area contributed by atoms with Gasteiger partial charge in [0.05, 0.1) is 0 Å². The van der Waals surface area contributed by atoms with Crippen LogP contribution in [-0.2, 0) is 0 Å². The highest BCUT2D eigenvalue weighted by atomic mass is 79.9. The minimum Gasteiger partial charge on any atom is -0.322 e. The van der Waals surface area contributed by atoms with Crippen LogP contribution in [0, 0.1) is 18.6 Å². The van der Waals surface area contributed by atoms with Crippen molar-refractivity contribution in [3.63, 3.8) is 0 Å². The third-order valence-corrected chi connectivity index (χ3v) is 2.88. The maximum atomic E-state index is 13.0. The summed E-state index contributed by atoms with van der Waals surface area (Å²) in [5.74, 6) is -1.89. The van der Waals surface area contributed by atoms with E-state index in [0.717, 1.165) is 28.2 Å². The molecule has 0 atom stereocenters. The number of nitrogens with one attached hydrogen (secondary N) is 1. The molecule has 0 saturated heterocycles. The Morgan fingerprint density at radius 1 is 1.05 bits per heavy atom. The number of carbonyl (C=O) groups excluding carboxylic acids is 1. The lowest BCUT2D eigenvalue weighted by Crippen LogP contribution is -2.12. The minimum absolute atomic E-state index is 0.0835. The molecule has 0 aliphatic carbocycles. The molecule has 2 aromatic rings. The van der Waals surface area contributed by atoms with Crippen LogP contribution in [0.5, 0.6) is 0 Å². The highest BCUT2D eigenvalue weighted by molar-refractivity contribution is 9.10. The van der Waals surface area contributed by atoms with E-state index in [2.05, 4.69) is 21.2 Å². The van der Waals surface area contributed by atoms with Gasteiger partial charge in [0.25, 0.3) is 5.91 Å². The molecule has 0 fully saturated rings. The molecule has 0 aliphatic heterocycles. The first kappa shape index (κ1) is 13.7. The lowest BCUT2D eigenvalue weighted by Gasteiger charge is -2.07. The summed E-state index contributed by atoms with van der Waals surface area (Å²) >= 11 is 3.29. The topological polar surface area (TPSA) is 29.1 Å². The molecule has 0 unspecified atom stereocenters. The average molecular weight is 326 g/mol. The second-order valence-corrected chi connectivity index (χ2v) is 5.05. The van der Waals surface area contributed by atoms with Gasteiger partial charge < -0.3 is 5.32 Å². The molecule has 2 nitrogen and oxygen atoms in total. The molecule has 98 valence electrons. The van der Waals surface area contributed by atoms with Gasteiger partial charge >= 0.3 is 0 Å². The summed E-state index contributed by atoms with van der Waals surface area (Å²) in [5, 5.41) is 2.45. The number of halogens is 3. The van der Waals surface area contributed by atoms with Gasteiger partial charge in [-0.3, -0.25) is 4.79 Å². The summed E-state index contributed by atoms with van der Waals surface area (Å²) in [7, 11) is 0. The Morgan fingerprint density at radius 3 is 2.26 bits per heavy atom. The Kier molecular flexibility index (Phi) is 3.95. The van der Waals surface area contributed by atoms with E-state index in [-0.39, 0.29) is 5.69 Å². The smallest absolute Gasteiger partial charge is 0.255 e. The molecule has 1 N–H and O–H groups in total. The average Bonchev–Trinajstić information content (AvgIpc) is 2.25. The van der Waals surface area contributed by atoms with Gasteiger partial charge in [0.2, 0.25) is 0 Å². The van der Waals surface area contributed by atoms with Crippen molar-refractivity contribution in [2.75, 3.05) is 5.32 Å². The van der Waals surface area contributed by atoms with Crippen LogP contribution in [0.25, 0.3) is 0 Å². The van der Waals surface area contributed by atoms with Gasteiger partial charge in [-0.2, -0.15) is 0 Å². The first-order valence-electron chi connectivity index (χ1n) is 5.49. The van der Waals surface area contributed by atoms with Crippen molar-refractivity contribution in [3.8, 4) is 0 Å². The van der Waals surface area contributed by atoms with Crippen LogP contribution >= 0.6 is 15.9 Å². The molecule has 0 aromatic heterocycles. The van der Waals surface area contributed by atoms with Gasteiger partial charge in [0, 0.05) is 21.8 Å². The zero-order chi connectivity index (χ0) is 14.0. The molecule has 0 radical (unpaired) electrons. The Bertz CT molecular complexity index is 603. The third kappa shape index (κ3) is 3.61. The van der Waals surface area contributed by atoms with Crippen molar-refractivity contribution >= 4 is 27.5 Å². The van der Waals surface area contributed by atoms with Crippen LogP contribution in [0.3, 0.4) is 0 Å². The Morgan fingerprint density at radius 2 is 1.68 bits per heavy atom. The van der Waals surface area contributed by atoms with E-state index in [1.807, 2.05) is 13.0 Å². The van der Waals surface area contributed by atoms with E-state index >= 15 is 0 Å². The minimum atomic E-state index is -0.735. The number of hydrogen-bond donors (Lipinski definition) is 1. The molecular weight excluding hydrogens is 316 g/mol. The van der Waals surface area contributed by atoms with Crippen molar-refractivity contribution in [2.24, 2.45) is 0 Å². The molecular formula is C14H10BrF2NO. The monoisotopic (exact) mass is 325 g/mol. The number of rotatable bonds is 2. The number of carbonyl (C=O) groups is 1. The quantitative estimate of drug-likeness (QED) is 0.876. The molecule has 2 aromatic carbocycles. The summed E-state index contributed by atoms with van der Waals surface area (Å²) in [6, 6.07) is 8.06. The number of benzene rings is 2. The van der Waals surface area contributed by atoms with Crippen molar-refractivity contribution in [2.45, 2.75) is 6.92 Å². The second-order valence-electron chi connectivity index (χ2n) is 4.13. The Balaban J connectivity index is 2.25. The lowest BCUT2D eigenvalue weighted by atomic mass is 10.1. The van der Waals surface area contributed by atoms with Gasteiger partial charge in [0.1, 0.15) is 11.6 Å². The van der Waals surface area contributed by atoms with E-state index in [1.54, 1.807) is 12.1 Å². The fourth-order valence-corrected chi connectivity index (χ4v) is 2.30. The third-order valence-electron chi connectivity index (χ3n) is 2.42. The van der Waals surface area contributed by atoms with Gasteiger partial charge in [-0.1, -0.05) is 15.9 Å². The zero-order valence-corrected chi connectivity index (χ0v) is 11.6. The maximum Gasteiger partial charge on any atom is 0.255 e. The highest BCUT2D eigenvalue weighted by Gasteiger charge is 2.09. The van der Waals surface area contributed by atoms with Crippen LogP contribution < -0.4 is 5.32 Å². The standard InChI is InChI=1S/C14H10BrF2NO/c1-8-2-9(4-10(15)3-8)14(19)18-13-6-11(16)5-12(17)7-13/h2-7H,1H3,(H,18,19). The zero-order valence-electron chi connectivity index (χ0n) is 10.0. The number of amides is 1. The summed E-state index contributed by atoms with van der Waals surface area (Å²) in [6.45, 7) is 1.85. The predicted molar refractivity (Wildman–Crippen MR) is 73.2 cm³/mol. The van der Waals surface area contributed by atoms with Gasteiger partial charge in [-0.25, -0.2) is 8.78 Å². The van der Waals surface area contributed by atoms with Crippen LogP contribution in [-0.4, -0.2) is 5.91 Å². The molecule has 0 aliphatic rings. The van der Waals surface area contributed by atoms with Crippen LogP contribution in [0.15, 0.2) is 40.9 Å². The molecule has 0 heterocycles. The fraction of sp³-hybridized carbons (Fsp3) is 0.0714. The number of aryl methyl sites for hydroxylation is 1. The van der Waals surface area contributed by atoms with E-state index in [0.29, 0.717) is 5.56 Å². The van der Waals surface area contributed by atoms with Gasteiger partial charge in [-0.15, -0.1) is 0 Å². The van der Waals surface area contributed by atoms with Crippen molar-refractivity contribution in [1.82, 2.24) is 0 Å². The van der Waals surface area contributed by atoms with Crippen LogP contribution in [0.4, 0.5) is 14.5 Å². The molecule has 0 saturated carbocycles. The van der Waals surface area contributed by atoms with Gasteiger partial charge in [0.15, 0.2) is 0 Å². The highest BCUT2D eigenvalue weighted by Crippen LogP contribution is 2.18. The maximum absolute atomic E-state index is 13.0. The van der Waals surface area contributed by atoms with E-state index in [4.69, 9.17) is 0 Å². The first-order valence-corrected chi connectivity index (χ1v) is 6.28. The summed E-state index contributed by atoms with van der Waals surface area (Å²) in [6.07, 6.45) is 0. The predicted octanol–water partition coefficient (Wildman–Crippen LogP) is 4.29. The molecule has 19 heavy (non-hydrogen) atoms. The summed E-state index contributed by atoms with van der Waals surface area (Å²) < 4.78 is 26.8. The molecule has 1 amide bonds. The number of hydrogen-bond acceptors (Lipinski definition) is 1. The van der Waals surface area contributed by atoms with E-state index in [1.165, 1.54) is 0 Å². The first-order chi connectivity index (χ1) is 8.94. The van der Waals surface area contributed by atoms with Crippen molar-refractivity contribution < 1.29 is 13.6 Å². The van der Waals surface area contributed by atoms with Crippen LogP contribution in [0.1, 0.15) is 15.9 Å². The molecule has 2 rings (SSSR count). The summed E-state index contributed by atoms with van der Waals surface area (Å²) in [5.41, 5.74) is 1.40. The van der Waals surface area contributed by atoms with Gasteiger partial charge in [-0.05, 0) is 42.8 Å². The Hall–Kier alpha value is -1.75. The van der Waals surface area contributed by atoms with E-state index in [9.17, 15) is 13.6 Å². The van der Waals surface area contributed by atoms with Crippen molar-refractivity contribution in [3.05, 3.63) is 63.6 Å². The normalized spacial score (nSPS) is 10.3. The summed E-state index contributed by atoms with van der Waals surface area (Å²) in [4.78, 5) is 12.0. The van der Waals surface area contributed by atoms with E-state index < -0.39 is 17.5 Å². The molecule has 0 bridgehead atoms. The SMILES string of the molecule is Cc1cc(Br)cc(C(=O)Nc2cc(F)cc(F)c2)c1. The largest absolute Gasteiger partial charge is 0.322 e.